The molecule has 0 aromatic heterocycles. The molecule has 2 saturated carbocycles. The fraction of sp³-hybridized carbons (Fsp3) is 0.647. The van der Waals surface area contributed by atoms with Crippen LogP contribution in [0.4, 0.5) is 0 Å². The predicted molar refractivity (Wildman–Crippen MR) is 74.5 cm³/mol. The molecule has 1 N–H and O–H groups in total. The summed E-state index contributed by atoms with van der Waals surface area (Å²) in [5.41, 5.74) is 3.18. The number of hydrogen-bond donors (Lipinski definition) is 1. The average molecular weight is 241 g/mol. The van der Waals surface area contributed by atoms with Crippen LogP contribution in [0.5, 0.6) is 0 Å². The second-order valence-corrected chi connectivity index (χ2v) is 6.59. The summed E-state index contributed by atoms with van der Waals surface area (Å²) >= 11 is 0. The van der Waals surface area contributed by atoms with E-state index in [-0.39, 0.29) is 0 Å². The topological polar surface area (TPSA) is 12.0 Å². The minimum Gasteiger partial charge on any atom is -0.307 e. The maximum absolute atomic E-state index is 4.01. The van der Waals surface area contributed by atoms with Gasteiger partial charge < -0.3 is 5.32 Å². The van der Waals surface area contributed by atoms with Crippen LogP contribution in [-0.4, -0.2) is 6.04 Å². The van der Waals surface area contributed by atoms with Crippen LogP contribution < -0.4 is 5.32 Å². The summed E-state index contributed by atoms with van der Waals surface area (Å²) in [5.74, 6) is 2.04. The number of benzene rings is 1. The molecule has 0 radical (unpaired) electrons. The van der Waals surface area contributed by atoms with E-state index in [2.05, 4.69) is 29.6 Å². The van der Waals surface area contributed by atoms with Crippen molar-refractivity contribution in [2.75, 3.05) is 0 Å². The van der Waals surface area contributed by atoms with Gasteiger partial charge in [-0.1, -0.05) is 30.7 Å². The SMILES string of the molecule is c1ccc2c(c1)CCCC2NC1CC2CCC1C2. The first-order valence-corrected chi connectivity index (χ1v) is 7.74. The molecule has 1 aromatic carbocycles. The molecule has 18 heavy (non-hydrogen) atoms. The van der Waals surface area contributed by atoms with Crippen molar-refractivity contribution >= 4 is 0 Å². The normalized spacial score (nSPS) is 37.8. The Balaban J connectivity index is 1.53. The molecule has 96 valence electrons. The molecular weight excluding hydrogens is 218 g/mol. The van der Waals surface area contributed by atoms with Crippen molar-refractivity contribution in [1.82, 2.24) is 5.32 Å². The molecular formula is C17H23N. The molecule has 2 fully saturated rings. The van der Waals surface area contributed by atoms with Crippen LogP contribution in [0.25, 0.3) is 0 Å². The second-order valence-electron chi connectivity index (χ2n) is 6.59. The van der Waals surface area contributed by atoms with Gasteiger partial charge in [-0.2, -0.15) is 0 Å². The summed E-state index contributed by atoms with van der Waals surface area (Å²) in [4.78, 5) is 0. The van der Waals surface area contributed by atoms with Crippen molar-refractivity contribution in [1.29, 1.82) is 0 Å². The number of aryl methyl sites for hydroxylation is 1. The second kappa shape index (κ2) is 4.38. The largest absolute Gasteiger partial charge is 0.307 e. The van der Waals surface area contributed by atoms with Gasteiger partial charge in [0, 0.05) is 12.1 Å². The molecule has 1 nitrogen and oxygen atoms in total. The monoisotopic (exact) mass is 241 g/mol. The van der Waals surface area contributed by atoms with Gasteiger partial charge in [0.15, 0.2) is 0 Å². The lowest BCUT2D eigenvalue weighted by Crippen LogP contribution is -2.38. The Hall–Kier alpha value is -0.820. The zero-order chi connectivity index (χ0) is 11.9. The van der Waals surface area contributed by atoms with Crippen LogP contribution >= 0.6 is 0 Å². The Kier molecular flexibility index (Phi) is 2.69. The Morgan fingerprint density at radius 1 is 1.00 bits per heavy atom. The van der Waals surface area contributed by atoms with E-state index < -0.39 is 0 Å². The zero-order valence-corrected chi connectivity index (χ0v) is 11.1. The molecule has 2 bridgehead atoms. The highest BCUT2D eigenvalue weighted by Crippen LogP contribution is 2.45. The van der Waals surface area contributed by atoms with Crippen molar-refractivity contribution < 1.29 is 0 Å². The number of nitrogens with one attached hydrogen (secondary N) is 1. The maximum Gasteiger partial charge on any atom is 0.0325 e. The van der Waals surface area contributed by atoms with Crippen molar-refractivity contribution in [2.45, 2.75) is 57.0 Å². The quantitative estimate of drug-likeness (QED) is 0.829. The van der Waals surface area contributed by atoms with Gasteiger partial charge in [-0.25, -0.2) is 0 Å². The molecule has 0 amide bonds. The van der Waals surface area contributed by atoms with E-state index in [1.165, 1.54) is 44.9 Å². The summed E-state index contributed by atoms with van der Waals surface area (Å²) in [6, 6.07) is 10.5. The molecule has 0 spiro atoms. The maximum atomic E-state index is 4.01. The van der Waals surface area contributed by atoms with E-state index in [0.717, 1.165) is 17.9 Å². The van der Waals surface area contributed by atoms with E-state index in [1.54, 1.807) is 11.1 Å². The number of hydrogen-bond acceptors (Lipinski definition) is 1. The zero-order valence-electron chi connectivity index (χ0n) is 11.1. The molecule has 0 saturated heterocycles. The van der Waals surface area contributed by atoms with E-state index in [4.69, 9.17) is 0 Å². The molecule has 4 unspecified atom stereocenters. The fourth-order valence-corrected chi connectivity index (χ4v) is 4.63. The van der Waals surface area contributed by atoms with Crippen molar-refractivity contribution in [2.24, 2.45) is 11.8 Å². The van der Waals surface area contributed by atoms with Gasteiger partial charge >= 0.3 is 0 Å². The predicted octanol–water partition coefficient (Wildman–Crippen LogP) is 3.84. The van der Waals surface area contributed by atoms with Gasteiger partial charge in [-0.05, 0) is 61.5 Å². The van der Waals surface area contributed by atoms with E-state index >= 15 is 0 Å². The summed E-state index contributed by atoms with van der Waals surface area (Å²) in [7, 11) is 0. The summed E-state index contributed by atoms with van der Waals surface area (Å²) in [5, 5.41) is 4.01. The van der Waals surface area contributed by atoms with Crippen molar-refractivity contribution in [3.05, 3.63) is 35.4 Å². The van der Waals surface area contributed by atoms with Crippen LogP contribution in [0.15, 0.2) is 24.3 Å². The van der Waals surface area contributed by atoms with Gasteiger partial charge in [0.25, 0.3) is 0 Å². The summed E-state index contributed by atoms with van der Waals surface area (Å²) in [6.07, 6.45) is 9.92. The first-order chi connectivity index (χ1) is 8.90. The van der Waals surface area contributed by atoms with Gasteiger partial charge in [-0.15, -0.1) is 0 Å². The Morgan fingerprint density at radius 2 is 1.94 bits per heavy atom. The smallest absolute Gasteiger partial charge is 0.0325 e. The summed E-state index contributed by atoms with van der Waals surface area (Å²) < 4.78 is 0. The molecule has 4 atom stereocenters. The number of rotatable bonds is 2. The van der Waals surface area contributed by atoms with Crippen LogP contribution in [0, 0.1) is 11.8 Å². The lowest BCUT2D eigenvalue weighted by Gasteiger charge is -2.32. The molecule has 4 rings (SSSR count). The lowest BCUT2D eigenvalue weighted by molar-refractivity contribution is 0.304. The fourth-order valence-electron chi connectivity index (χ4n) is 4.63. The van der Waals surface area contributed by atoms with Crippen LogP contribution in [-0.2, 0) is 6.42 Å². The van der Waals surface area contributed by atoms with Gasteiger partial charge in [-0.3, -0.25) is 0 Å². The molecule has 1 heteroatoms. The Morgan fingerprint density at radius 3 is 2.78 bits per heavy atom. The highest BCUT2D eigenvalue weighted by Gasteiger charge is 2.40. The summed E-state index contributed by atoms with van der Waals surface area (Å²) in [6.45, 7) is 0. The van der Waals surface area contributed by atoms with Crippen molar-refractivity contribution in [3.8, 4) is 0 Å². The van der Waals surface area contributed by atoms with Crippen LogP contribution in [0.2, 0.25) is 0 Å². The molecule has 1 aromatic rings. The van der Waals surface area contributed by atoms with Crippen molar-refractivity contribution in [3.63, 3.8) is 0 Å². The standard InChI is InChI=1S/C17H23N/c1-2-6-15-13(4-1)5-3-7-16(15)18-17-11-12-8-9-14(17)10-12/h1-2,4,6,12,14,16-18H,3,5,7-11H2. The third-order valence-corrected chi connectivity index (χ3v) is 5.52. The van der Waals surface area contributed by atoms with Gasteiger partial charge in [0.2, 0.25) is 0 Å². The van der Waals surface area contributed by atoms with Crippen LogP contribution in [0.1, 0.15) is 55.7 Å². The molecule has 0 aliphatic heterocycles. The molecule has 3 aliphatic carbocycles. The van der Waals surface area contributed by atoms with Gasteiger partial charge in [0.1, 0.15) is 0 Å². The highest BCUT2D eigenvalue weighted by molar-refractivity contribution is 5.32. The van der Waals surface area contributed by atoms with Gasteiger partial charge in [0.05, 0.1) is 0 Å². The van der Waals surface area contributed by atoms with E-state index in [1.807, 2.05) is 0 Å². The average Bonchev–Trinajstić information content (AvgIpc) is 3.01. The minimum absolute atomic E-state index is 0.638. The first kappa shape index (κ1) is 11.0. The van der Waals surface area contributed by atoms with E-state index in [9.17, 15) is 0 Å². The third kappa shape index (κ3) is 1.80. The first-order valence-electron chi connectivity index (χ1n) is 7.74. The lowest BCUT2D eigenvalue weighted by atomic mass is 9.86. The molecule has 3 aliphatic rings. The molecule has 0 heterocycles. The highest BCUT2D eigenvalue weighted by atomic mass is 15.0. The Labute approximate surface area is 110 Å². The Bertz CT molecular complexity index is 439. The van der Waals surface area contributed by atoms with E-state index in [0.29, 0.717) is 6.04 Å². The third-order valence-electron chi connectivity index (χ3n) is 5.52. The number of fused-ring (bicyclic) bond motifs is 3. The minimum atomic E-state index is 0.638. The van der Waals surface area contributed by atoms with Crippen LogP contribution in [0.3, 0.4) is 0 Å².